The van der Waals surface area contributed by atoms with Gasteiger partial charge < -0.3 is 15.4 Å². The van der Waals surface area contributed by atoms with Gasteiger partial charge in [0, 0.05) is 24.2 Å². The zero-order valence-electron chi connectivity index (χ0n) is 13.0. The molecule has 2 aromatic rings. The molecule has 0 saturated carbocycles. The third-order valence-electron chi connectivity index (χ3n) is 3.12. The predicted octanol–water partition coefficient (Wildman–Crippen LogP) is 2.35. The fourth-order valence-electron chi connectivity index (χ4n) is 1.95. The highest BCUT2D eigenvalue weighted by molar-refractivity contribution is 5.95. The Balaban J connectivity index is 1.73. The second kappa shape index (κ2) is 8.96. The van der Waals surface area contributed by atoms with E-state index in [4.69, 9.17) is 10.00 Å². The molecular formula is C18H17N3O3. The number of amides is 2. The molecule has 2 amide bonds. The van der Waals surface area contributed by atoms with Gasteiger partial charge in [-0.3, -0.25) is 9.59 Å². The molecule has 0 radical (unpaired) electrons. The highest BCUT2D eigenvalue weighted by Crippen LogP contribution is 2.15. The molecule has 122 valence electrons. The van der Waals surface area contributed by atoms with Crippen molar-refractivity contribution in [2.75, 3.05) is 18.5 Å². The first-order valence-corrected chi connectivity index (χ1v) is 7.42. The highest BCUT2D eigenvalue weighted by Gasteiger charge is 2.06. The molecule has 0 fully saturated rings. The lowest BCUT2D eigenvalue weighted by Crippen LogP contribution is -2.27. The first-order chi connectivity index (χ1) is 11.7. The summed E-state index contributed by atoms with van der Waals surface area (Å²) < 4.78 is 5.13. The van der Waals surface area contributed by atoms with E-state index < -0.39 is 0 Å². The molecule has 0 aromatic heterocycles. The van der Waals surface area contributed by atoms with Crippen molar-refractivity contribution in [1.82, 2.24) is 5.32 Å². The molecule has 0 bridgehead atoms. The number of hydrogen-bond acceptors (Lipinski definition) is 4. The summed E-state index contributed by atoms with van der Waals surface area (Å²) in [5.41, 5.74) is 1.18. The number of anilines is 1. The van der Waals surface area contributed by atoms with Gasteiger partial charge in [0.15, 0.2) is 6.61 Å². The zero-order chi connectivity index (χ0) is 17.2. The van der Waals surface area contributed by atoms with Crippen molar-refractivity contribution in [1.29, 1.82) is 5.26 Å². The SMILES string of the molecule is N#CCOc1ccc(NC(=O)CCNC(=O)c2ccccc2)cc1. The van der Waals surface area contributed by atoms with Crippen LogP contribution in [0.5, 0.6) is 5.75 Å². The minimum absolute atomic E-state index is 0.0210. The summed E-state index contributed by atoms with van der Waals surface area (Å²) in [7, 11) is 0. The first kappa shape index (κ1) is 17.0. The van der Waals surface area contributed by atoms with Crippen LogP contribution in [0.4, 0.5) is 5.69 Å². The van der Waals surface area contributed by atoms with Crippen LogP contribution in [0.25, 0.3) is 0 Å². The van der Waals surface area contributed by atoms with Gasteiger partial charge in [-0.25, -0.2) is 0 Å². The molecule has 2 rings (SSSR count). The Morgan fingerprint density at radius 1 is 1.04 bits per heavy atom. The number of hydrogen-bond donors (Lipinski definition) is 2. The summed E-state index contributed by atoms with van der Waals surface area (Å²) in [6.45, 7) is 0.232. The van der Waals surface area contributed by atoms with Crippen LogP contribution in [0.2, 0.25) is 0 Å². The molecule has 0 aliphatic heterocycles. The Kier molecular flexibility index (Phi) is 6.35. The molecule has 0 unspecified atom stereocenters. The smallest absolute Gasteiger partial charge is 0.251 e. The summed E-state index contributed by atoms with van der Waals surface area (Å²) in [6.07, 6.45) is 0.172. The van der Waals surface area contributed by atoms with Gasteiger partial charge in [0.1, 0.15) is 11.8 Å². The largest absolute Gasteiger partial charge is 0.479 e. The lowest BCUT2D eigenvalue weighted by molar-refractivity contribution is -0.116. The van der Waals surface area contributed by atoms with Gasteiger partial charge in [-0.05, 0) is 36.4 Å². The normalized spacial score (nSPS) is 9.62. The lowest BCUT2D eigenvalue weighted by atomic mass is 10.2. The van der Waals surface area contributed by atoms with Crippen molar-refractivity contribution in [3.8, 4) is 11.8 Å². The van der Waals surface area contributed by atoms with Gasteiger partial charge in [-0.2, -0.15) is 5.26 Å². The van der Waals surface area contributed by atoms with E-state index in [1.165, 1.54) is 0 Å². The van der Waals surface area contributed by atoms with Crippen LogP contribution in [0.15, 0.2) is 54.6 Å². The summed E-state index contributed by atoms with van der Waals surface area (Å²) in [4.78, 5) is 23.7. The van der Waals surface area contributed by atoms with Crippen LogP contribution in [-0.4, -0.2) is 25.0 Å². The van der Waals surface area contributed by atoms with Crippen molar-refractivity contribution in [3.05, 3.63) is 60.2 Å². The molecule has 0 spiro atoms. The van der Waals surface area contributed by atoms with Crippen LogP contribution in [0.1, 0.15) is 16.8 Å². The maximum Gasteiger partial charge on any atom is 0.251 e. The maximum absolute atomic E-state index is 11.9. The average molecular weight is 323 g/mol. The van der Waals surface area contributed by atoms with Crippen molar-refractivity contribution in [2.24, 2.45) is 0 Å². The van der Waals surface area contributed by atoms with E-state index in [1.807, 2.05) is 12.1 Å². The Morgan fingerprint density at radius 2 is 1.75 bits per heavy atom. The van der Waals surface area contributed by atoms with Crippen molar-refractivity contribution >= 4 is 17.5 Å². The van der Waals surface area contributed by atoms with Crippen LogP contribution in [-0.2, 0) is 4.79 Å². The minimum Gasteiger partial charge on any atom is -0.479 e. The molecule has 0 heterocycles. The second-order valence-corrected chi connectivity index (χ2v) is 4.89. The highest BCUT2D eigenvalue weighted by atomic mass is 16.5. The maximum atomic E-state index is 11.9. The fraction of sp³-hybridized carbons (Fsp3) is 0.167. The third kappa shape index (κ3) is 5.46. The summed E-state index contributed by atoms with van der Waals surface area (Å²) in [5.74, 6) is 0.154. The molecule has 6 nitrogen and oxygen atoms in total. The van der Waals surface area contributed by atoms with Gasteiger partial charge in [0.2, 0.25) is 5.91 Å². The van der Waals surface area contributed by atoms with E-state index in [1.54, 1.807) is 48.5 Å². The number of nitrogens with zero attached hydrogens (tertiary/aromatic N) is 1. The molecule has 0 aliphatic rings. The molecule has 0 aliphatic carbocycles. The second-order valence-electron chi connectivity index (χ2n) is 4.89. The lowest BCUT2D eigenvalue weighted by Gasteiger charge is -2.08. The summed E-state index contributed by atoms with van der Waals surface area (Å²) >= 11 is 0. The van der Waals surface area contributed by atoms with E-state index in [0.29, 0.717) is 17.0 Å². The fourth-order valence-corrected chi connectivity index (χ4v) is 1.95. The Labute approximate surface area is 140 Å². The monoisotopic (exact) mass is 323 g/mol. The summed E-state index contributed by atoms with van der Waals surface area (Å²) in [6, 6.07) is 17.4. The molecule has 6 heteroatoms. The summed E-state index contributed by atoms with van der Waals surface area (Å²) in [5, 5.41) is 13.9. The Hall–Kier alpha value is -3.33. The number of carbonyl (C=O) groups excluding carboxylic acids is 2. The average Bonchev–Trinajstić information content (AvgIpc) is 2.62. The molecule has 2 N–H and O–H groups in total. The van der Waals surface area contributed by atoms with Crippen LogP contribution in [0, 0.1) is 11.3 Å². The molecule has 2 aromatic carbocycles. The standard InChI is InChI=1S/C18H17N3O3/c19-11-13-24-16-8-6-15(7-9-16)21-17(22)10-12-20-18(23)14-4-2-1-3-5-14/h1-9H,10,12-13H2,(H,20,23)(H,21,22). The number of carbonyl (C=O) groups is 2. The number of rotatable bonds is 7. The number of nitriles is 1. The van der Waals surface area contributed by atoms with Gasteiger partial charge in [0.25, 0.3) is 5.91 Å². The first-order valence-electron chi connectivity index (χ1n) is 7.42. The number of benzene rings is 2. The quantitative estimate of drug-likeness (QED) is 0.818. The van der Waals surface area contributed by atoms with E-state index in [0.717, 1.165) is 0 Å². The van der Waals surface area contributed by atoms with E-state index in [-0.39, 0.29) is 31.4 Å². The van der Waals surface area contributed by atoms with Gasteiger partial charge >= 0.3 is 0 Å². The van der Waals surface area contributed by atoms with Crippen molar-refractivity contribution in [3.63, 3.8) is 0 Å². The predicted molar refractivity (Wildman–Crippen MR) is 89.6 cm³/mol. The molecule has 24 heavy (non-hydrogen) atoms. The number of ether oxygens (including phenoxy) is 1. The van der Waals surface area contributed by atoms with E-state index in [9.17, 15) is 9.59 Å². The topological polar surface area (TPSA) is 91.2 Å². The Bertz CT molecular complexity index is 721. The van der Waals surface area contributed by atoms with E-state index in [2.05, 4.69) is 10.6 Å². The van der Waals surface area contributed by atoms with E-state index >= 15 is 0 Å². The molecule has 0 saturated heterocycles. The van der Waals surface area contributed by atoms with Gasteiger partial charge in [-0.1, -0.05) is 18.2 Å². The minimum atomic E-state index is -0.206. The number of nitrogens with one attached hydrogen (secondary N) is 2. The van der Waals surface area contributed by atoms with Gasteiger partial charge in [0.05, 0.1) is 0 Å². The van der Waals surface area contributed by atoms with Crippen LogP contribution in [0.3, 0.4) is 0 Å². The van der Waals surface area contributed by atoms with Crippen LogP contribution >= 0.6 is 0 Å². The van der Waals surface area contributed by atoms with Crippen LogP contribution < -0.4 is 15.4 Å². The molecule has 0 atom stereocenters. The zero-order valence-corrected chi connectivity index (χ0v) is 13.0. The van der Waals surface area contributed by atoms with Crippen molar-refractivity contribution in [2.45, 2.75) is 6.42 Å². The van der Waals surface area contributed by atoms with Crippen molar-refractivity contribution < 1.29 is 14.3 Å². The molecular weight excluding hydrogens is 306 g/mol. The van der Waals surface area contributed by atoms with Gasteiger partial charge in [-0.15, -0.1) is 0 Å². The third-order valence-corrected chi connectivity index (χ3v) is 3.12. The Morgan fingerprint density at radius 3 is 2.42 bits per heavy atom.